The molecule has 2 aliphatic rings. The number of nitrogens with zero attached hydrogens (tertiary/aromatic N) is 1. The molecule has 3 amide bonds. The van der Waals surface area contributed by atoms with Gasteiger partial charge in [0, 0.05) is 37.5 Å². The lowest BCUT2D eigenvalue weighted by atomic mass is 10.1. The number of para-hydroxylation sites is 1. The molecule has 0 aliphatic carbocycles. The highest BCUT2D eigenvalue weighted by Crippen LogP contribution is 2.27. The second kappa shape index (κ2) is 11.4. The fraction of sp³-hybridized carbons (Fsp3) is 0.444. The Hall–Kier alpha value is -3.39. The number of benzene rings is 2. The number of nitrogens with one attached hydrogen (secondary N) is 2. The minimum absolute atomic E-state index is 0.0761. The van der Waals surface area contributed by atoms with Crippen molar-refractivity contribution in [1.82, 2.24) is 5.32 Å². The smallest absolute Gasteiger partial charge is 0.262 e. The van der Waals surface area contributed by atoms with Crippen molar-refractivity contribution in [3.63, 3.8) is 0 Å². The zero-order chi connectivity index (χ0) is 24.8. The molecule has 0 saturated carbocycles. The van der Waals surface area contributed by atoms with E-state index in [1.165, 1.54) is 0 Å². The van der Waals surface area contributed by atoms with E-state index in [2.05, 4.69) is 10.6 Å². The van der Waals surface area contributed by atoms with Gasteiger partial charge in [0.1, 0.15) is 5.75 Å². The summed E-state index contributed by atoms with van der Waals surface area (Å²) in [5, 5.41) is 5.87. The molecule has 2 atom stereocenters. The Labute approximate surface area is 206 Å². The van der Waals surface area contributed by atoms with Crippen LogP contribution in [0.5, 0.6) is 5.75 Å². The minimum atomic E-state index is -0.377. The molecule has 8 nitrogen and oxygen atoms in total. The van der Waals surface area contributed by atoms with E-state index in [1.54, 1.807) is 29.2 Å². The Morgan fingerprint density at radius 3 is 2.69 bits per heavy atom. The van der Waals surface area contributed by atoms with Gasteiger partial charge >= 0.3 is 0 Å². The first-order valence-electron chi connectivity index (χ1n) is 12.3. The second-order valence-corrected chi connectivity index (χ2v) is 9.08. The average Bonchev–Trinajstić information content (AvgIpc) is 3.52. The summed E-state index contributed by atoms with van der Waals surface area (Å²) in [5.41, 5.74) is 3.63. The Kier molecular flexibility index (Phi) is 8.02. The molecule has 2 N–H and O–H groups in total. The molecule has 2 aliphatic heterocycles. The van der Waals surface area contributed by atoms with E-state index in [4.69, 9.17) is 9.47 Å². The maximum atomic E-state index is 12.5. The Morgan fingerprint density at radius 2 is 1.97 bits per heavy atom. The van der Waals surface area contributed by atoms with E-state index in [0.29, 0.717) is 24.5 Å². The lowest BCUT2D eigenvalue weighted by Crippen LogP contribution is -2.37. The first-order chi connectivity index (χ1) is 16.9. The number of aryl methyl sites for hydroxylation is 2. The van der Waals surface area contributed by atoms with Crippen LogP contribution >= 0.6 is 0 Å². The summed E-state index contributed by atoms with van der Waals surface area (Å²) >= 11 is 0. The molecule has 2 fully saturated rings. The lowest BCUT2D eigenvalue weighted by molar-refractivity contribution is -0.126. The van der Waals surface area contributed by atoms with Crippen molar-refractivity contribution in [1.29, 1.82) is 0 Å². The number of rotatable bonds is 9. The van der Waals surface area contributed by atoms with E-state index in [-0.39, 0.29) is 42.8 Å². The second-order valence-electron chi connectivity index (χ2n) is 9.08. The topological polar surface area (TPSA) is 97.0 Å². The van der Waals surface area contributed by atoms with E-state index in [0.717, 1.165) is 42.7 Å². The van der Waals surface area contributed by atoms with Crippen molar-refractivity contribution in [3.8, 4) is 5.75 Å². The van der Waals surface area contributed by atoms with Gasteiger partial charge in [0.15, 0.2) is 6.61 Å². The first-order valence-corrected chi connectivity index (χ1v) is 12.3. The van der Waals surface area contributed by atoms with Crippen LogP contribution in [0.1, 0.15) is 37.3 Å². The van der Waals surface area contributed by atoms with Crippen LogP contribution in [0, 0.1) is 12.8 Å². The van der Waals surface area contributed by atoms with Gasteiger partial charge in [0.05, 0.1) is 12.0 Å². The molecular formula is C27H33N3O5. The van der Waals surface area contributed by atoms with Gasteiger partial charge in [-0.15, -0.1) is 0 Å². The molecular weight excluding hydrogens is 446 g/mol. The van der Waals surface area contributed by atoms with Crippen LogP contribution in [0.3, 0.4) is 0 Å². The highest BCUT2D eigenvalue weighted by molar-refractivity contribution is 6.00. The van der Waals surface area contributed by atoms with Crippen molar-refractivity contribution in [2.75, 3.05) is 36.5 Å². The molecule has 0 aromatic heterocycles. The number of hydrogen-bond acceptors (Lipinski definition) is 5. The summed E-state index contributed by atoms with van der Waals surface area (Å²) in [6, 6.07) is 12.9. The number of carbonyl (C=O) groups is 3. The molecule has 2 saturated heterocycles. The fourth-order valence-electron chi connectivity index (χ4n) is 4.55. The van der Waals surface area contributed by atoms with Gasteiger partial charge in [-0.05, 0) is 61.6 Å². The van der Waals surface area contributed by atoms with Crippen molar-refractivity contribution in [2.24, 2.45) is 5.92 Å². The van der Waals surface area contributed by atoms with E-state index in [1.807, 2.05) is 32.0 Å². The van der Waals surface area contributed by atoms with Gasteiger partial charge in [0.2, 0.25) is 11.8 Å². The molecule has 2 aromatic rings. The monoisotopic (exact) mass is 479 g/mol. The number of amides is 3. The Balaban J connectivity index is 1.27. The molecule has 8 heteroatoms. The van der Waals surface area contributed by atoms with Crippen LogP contribution in [0.2, 0.25) is 0 Å². The summed E-state index contributed by atoms with van der Waals surface area (Å²) in [5.74, 6) is -0.271. The van der Waals surface area contributed by atoms with Crippen molar-refractivity contribution in [2.45, 2.75) is 45.6 Å². The molecule has 0 radical (unpaired) electrons. The highest BCUT2D eigenvalue weighted by Gasteiger charge is 2.35. The summed E-state index contributed by atoms with van der Waals surface area (Å²) in [7, 11) is 0. The summed E-state index contributed by atoms with van der Waals surface area (Å²) in [6.07, 6.45) is 3.07. The highest BCUT2D eigenvalue weighted by atomic mass is 16.5. The molecule has 2 heterocycles. The Morgan fingerprint density at radius 1 is 1.17 bits per heavy atom. The van der Waals surface area contributed by atoms with Crippen LogP contribution < -0.4 is 20.3 Å². The maximum Gasteiger partial charge on any atom is 0.262 e. The quantitative estimate of drug-likeness (QED) is 0.576. The number of carbonyl (C=O) groups excluding carboxylic acids is 3. The third-order valence-corrected chi connectivity index (χ3v) is 6.55. The van der Waals surface area contributed by atoms with Gasteiger partial charge in [-0.2, -0.15) is 0 Å². The molecule has 35 heavy (non-hydrogen) atoms. The summed E-state index contributed by atoms with van der Waals surface area (Å²) in [4.78, 5) is 39.1. The zero-order valence-electron chi connectivity index (χ0n) is 20.3. The SMILES string of the molecule is CCc1cccc(C)c1NC(=O)COc1ccc(N2C[C@@H](C(=O)NC[C@H]3CCCO3)CC2=O)cc1. The molecule has 186 valence electrons. The summed E-state index contributed by atoms with van der Waals surface area (Å²) < 4.78 is 11.2. The van der Waals surface area contributed by atoms with Crippen LogP contribution in [0.15, 0.2) is 42.5 Å². The van der Waals surface area contributed by atoms with Crippen LogP contribution in [0.4, 0.5) is 11.4 Å². The molecule has 0 bridgehead atoms. The predicted molar refractivity (Wildman–Crippen MR) is 134 cm³/mol. The number of anilines is 2. The van der Waals surface area contributed by atoms with Gasteiger partial charge < -0.3 is 25.0 Å². The number of ether oxygens (including phenoxy) is 2. The average molecular weight is 480 g/mol. The first kappa shape index (κ1) is 24.7. The molecule has 4 rings (SSSR count). The van der Waals surface area contributed by atoms with Gasteiger partial charge in [0.25, 0.3) is 5.91 Å². The minimum Gasteiger partial charge on any atom is -0.484 e. The predicted octanol–water partition coefficient (Wildman–Crippen LogP) is 3.22. The third-order valence-electron chi connectivity index (χ3n) is 6.55. The zero-order valence-corrected chi connectivity index (χ0v) is 20.3. The Bertz CT molecular complexity index is 1060. The molecule has 0 spiro atoms. The van der Waals surface area contributed by atoms with E-state index < -0.39 is 0 Å². The fourth-order valence-corrected chi connectivity index (χ4v) is 4.55. The van der Waals surface area contributed by atoms with Crippen molar-refractivity contribution < 1.29 is 23.9 Å². The van der Waals surface area contributed by atoms with Crippen LogP contribution in [-0.4, -0.2) is 50.1 Å². The van der Waals surface area contributed by atoms with Crippen molar-refractivity contribution >= 4 is 29.1 Å². The number of hydrogen-bond donors (Lipinski definition) is 2. The van der Waals surface area contributed by atoms with Crippen LogP contribution in [-0.2, 0) is 25.5 Å². The van der Waals surface area contributed by atoms with Gasteiger partial charge in [-0.25, -0.2) is 0 Å². The van der Waals surface area contributed by atoms with Crippen molar-refractivity contribution in [3.05, 3.63) is 53.6 Å². The third kappa shape index (κ3) is 6.19. The molecule has 0 unspecified atom stereocenters. The molecule has 2 aromatic carbocycles. The summed E-state index contributed by atoms with van der Waals surface area (Å²) in [6.45, 7) is 5.47. The van der Waals surface area contributed by atoms with E-state index in [9.17, 15) is 14.4 Å². The van der Waals surface area contributed by atoms with E-state index >= 15 is 0 Å². The lowest BCUT2D eigenvalue weighted by Gasteiger charge is -2.18. The standard InChI is InChI=1S/C27H33N3O5/c1-3-19-7-4-6-18(2)26(19)29-24(31)17-35-22-11-9-21(10-12-22)30-16-20(14-25(30)32)27(33)28-15-23-8-5-13-34-23/h4,6-7,9-12,20,23H,3,5,8,13-17H2,1-2H3,(H,28,33)(H,29,31)/t20-,23+/m0/s1. The largest absolute Gasteiger partial charge is 0.484 e. The normalized spacial score (nSPS) is 19.6. The maximum absolute atomic E-state index is 12.5. The van der Waals surface area contributed by atoms with Crippen LogP contribution in [0.25, 0.3) is 0 Å². The van der Waals surface area contributed by atoms with Gasteiger partial charge in [-0.1, -0.05) is 25.1 Å². The van der Waals surface area contributed by atoms with Gasteiger partial charge in [-0.3, -0.25) is 14.4 Å².